The van der Waals surface area contributed by atoms with Crippen LogP contribution in [0.4, 0.5) is 5.88 Å². The van der Waals surface area contributed by atoms with E-state index in [1.807, 2.05) is 0 Å². The summed E-state index contributed by atoms with van der Waals surface area (Å²) in [6, 6.07) is 1.60. The number of aromatic nitrogens is 1. The molecule has 1 aromatic carbocycles. The van der Waals surface area contributed by atoms with E-state index in [0.29, 0.717) is 33.4 Å². The molecule has 0 saturated heterocycles. The number of rotatable bonds is 4. The van der Waals surface area contributed by atoms with E-state index >= 15 is 0 Å². The van der Waals surface area contributed by atoms with Crippen LogP contribution in [-0.2, 0) is 0 Å². The van der Waals surface area contributed by atoms with Crippen molar-refractivity contribution in [1.29, 1.82) is 0 Å². The maximum atomic E-state index is 6.16. The van der Waals surface area contributed by atoms with Crippen molar-refractivity contribution in [3.8, 4) is 28.4 Å². The van der Waals surface area contributed by atoms with Crippen LogP contribution in [-0.4, -0.2) is 26.5 Å². The zero-order valence-electron chi connectivity index (χ0n) is 10.7. The third-order valence-electron chi connectivity index (χ3n) is 2.65. The summed E-state index contributed by atoms with van der Waals surface area (Å²) in [5.41, 5.74) is 6.80. The lowest BCUT2D eigenvalue weighted by Gasteiger charge is -2.16. The quantitative estimate of drug-likeness (QED) is 0.929. The van der Waals surface area contributed by atoms with Gasteiger partial charge in [-0.3, -0.25) is 0 Å². The van der Waals surface area contributed by atoms with E-state index in [4.69, 9.17) is 36.1 Å². The van der Waals surface area contributed by atoms with Gasteiger partial charge in [0.05, 0.1) is 43.7 Å². The van der Waals surface area contributed by atoms with Gasteiger partial charge < -0.3 is 24.5 Å². The van der Waals surface area contributed by atoms with E-state index in [1.165, 1.54) is 27.5 Å². The first-order valence-corrected chi connectivity index (χ1v) is 5.70. The highest BCUT2D eigenvalue weighted by atomic mass is 35.5. The number of benzene rings is 1. The van der Waals surface area contributed by atoms with E-state index in [1.54, 1.807) is 6.07 Å². The second-order valence-corrected chi connectivity index (χ2v) is 4.01. The number of ether oxygens (including phenoxy) is 3. The first-order valence-electron chi connectivity index (χ1n) is 5.33. The molecule has 2 N–H and O–H groups in total. The molecule has 0 aliphatic rings. The molecule has 1 heterocycles. The van der Waals surface area contributed by atoms with Crippen LogP contribution in [0.15, 0.2) is 16.8 Å². The number of nitrogens with two attached hydrogens (primary N) is 1. The standard InChI is InChI=1S/C12H13ClN2O4/c1-16-8-4-7(13)10(17-2)9(11(8)18-3)6-5-15-19-12(6)14/h4-5H,14H2,1-3H3. The van der Waals surface area contributed by atoms with Gasteiger partial charge in [-0.2, -0.15) is 0 Å². The second-order valence-electron chi connectivity index (χ2n) is 3.61. The fourth-order valence-corrected chi connectivity index (χ4v) is 2.10. The van der Waals surface area contributed by atoms with Gasteiger partial charge in [0.1, 0.15) is 5.75 Å². The summed E-state index contributed by atoms with van der Waals surface area (Å²) < 4.78 is 20.8. The summed E-state index contributed by atoms with van der Waals surface area (Å²) in [6.07, 6.45) is 1.46. The van der Waals surface area contributed by atoms with E-state index in [9.17, 15) is 0 Å². The third kappa shape index (κ3) is 2.15. The van der Waals surface area contributed by atoms with Gasteiger partial charge in [-0.25, -0.2) is 0 Å². The van der Waals surface area contributed by atoms with E-state index in [2.05, 4.69) is 5.16 Å². The highest BCUT2D eigenvalue weighted by Crippen LogP contribution is 2.49. The van der Waals surface area contributed by atoms with Crippen LogP contribution in [0.5, 0.6) is 17.2 Å². The summed E-state index contributed by atoms with van der Waals surface area (Å²) >= 11 is 6.16. The topological polar surface area (TPSA) is 79.7 Å². The van der Waals surface area contributed by atoms with Crippen LogP contribution in [0.25, 0.3) is 11.1 Å². The van der Waals surface area contributed by atoms with Gasteiger partial charge in [0.2, 0.25) is 5.88 Å². The van der Waals surface area contributed by atoms with Gasteiger partial charge in [0.25, 0.3) is 0 Å². The first-order chi connectivity index (χ1) is 9.13. The Balaban J connectivity index is 2.82. The molecular formula is C12H13ClN2O4. The van der Waals surface area contributed by atoms with Gasteiger partial charge in [-0.1, -0.05) is 16.8 Å². The zero-order chi connectivity index (χ0) is 14.0. The summed E-state index contributed by atoms with van der Waals surface area (Å²) in [5.74, 6) is 1.46. The van der Waals surface area contributed by atoms with Crippen molar-refractivity contribution in [2.75, 3.05) is 27.1 Å². The molecule has 0 spiro atoms. The van der Waals surface area contributed by atoms with Crippen molar-refractivity contribution < 1.29 is 18.7 Å². The molecule has 0 unspecified atom stereocenters. The minimum atomic E-state index is 0.140. The number of hydrogen-bond acceptors (Lipinski definition) is 6. The first kappa shape index (κ1) is 13.4. The zero-order valence-corrected chi connectivity index (χ0v) is 11.4. The van der Waals surface area contributed by atoms with E-state index < -0.39 is 0 Å². The third-order valence-corrected chi connectivity index (χ3v) is 2.93. The van der Waals surface area contributed by atoms with Crippen molar-refractivity contribution in [1.82, 2.24) is 5.16 Å². The Morgan fingerprint density at radius 1 is 1.16 bits per heavy atom. The predicted octanol–water partition coefficient (Wildman–Crippen LogP) is 2.60. The van der Waals surface area contributed by atoms with Crippen molar-refractivity contribution in [3.63, 3.8) is 0 Å². The van der Waals surface area contributed by atoms with Gasteiger partial charge in [0, 0.05) is 6.07 Å². The molecule has 19 heavy (non-hydrogen) atoms. The molecule has 0 atom stereocenters. The Labute approximate surface area is 115 Å². The minimum Gasteiger partial charge on any atom is -0.494 e. The predicted molar refractivity (Wildman–Crippen MR) is 71.0 cm³/mol. The SMILES string of the molecule is COc1cc(Cl)c(OC)c(-c2cnoc2N)c1OC. The largest absolute Gasteiger partial charge is 0.494 e. The number of nitrogen functional groups attached to an aromatic ring is 1. The van der Waals surface area contributed by atoms with Crippen LogP contribution in [0, 0.1) is 0 Å². The number of hydrogen-bond donors (Lipinski definition) is 1. The molecular weight excluding hydrogens is 272 g/mol. The van der Waals surface area contributed by atoms with E-state index in [-0.39, 0.29) is 5.88 Å². The van der Waals surface area contributed by atoms with Crippen molar-refractivity contribution in [3.05, 3.63) is 17.3 Å². The average molecular weight is 285 g/mol. The van der Waals surface area contributed by atoms with Gasteiger partial charge in [0.15, 0.2) is 11.5 Å². The summed E-state index contributed by atoms with van der Waals surface area (Å²) in [7, 11) is 4.53. The maximum absolute atomic E-state index is 6.16. The molecule has 102 valence electrons. The Bertz CT molecular complexity index is 598. The highest BCUT2D eigenvalue weighted by molar-refractivity contribution is 6.33. The molecule has 0 bridgehead atoms. The van der Waals surface area contributed by atoms with Crippen molar-refractivity contribution >= 4 is 17.5 Å². The molecule has 6 nitrogen and oxygen atoms in total. The molecule has 0 radical (unpaired) electrons. The van der Waals surface area contributed by atoms with Crippen LogP contribution >= 0.6 is 11.6 Å². The molecule has 0 saturated carbocycles. The Morgan fingerprint density at radius 3 is 2.32 bits per heavy atom. The van der Waals surface area contributed by atoms with Gasteiger partial charge in [-0.05, 0) is 0 Å². The molecule has 0 amide bonds. The Morgan fingerprint density at radius 2 is 1.84 bits per heavy atom. The van der Waals surface area contributed by atoms with Gasteiger partial charge >= 0.3 is 0 Å². The van der Waals surface area contributed by atoms with Crippen LogP contribution in [0.2, 0.25) is 5.02 Å². The fourth-order valence-electron chi connectivity index (χ4n) is 1.83. The van der Waals surface area contributed by atoms with Gasteiger partial charge in [-0.15, -0.1) is 0 Å². The lowest BCUT2D eigenvalue weighted by atomic mass is 10.1. The molecule has 0 aliphatic carbocycles. The smallest absolute Gasteiger partial charge is 0.230 e. The molecule has 2 aromatic rings. The fraction of sp³-hybridized carbons (Fsp3) is 0.250. The average Bonchev–Trinajstić information content (AvgIpc) is 2.83. The summed E-state index contributed by atoms with van der Waals surface area (Å²) in [5, 5.41) is 4.01. The minimum absolute atomic E-state index is 0.140. The number of methoxy groups -OCH3 is 3. The monoisotopic (exact) mass is 284 g/mol. The van der Waals surface area contributed by atoms with E-state index in [0.717, 1.165) is 0 Å². The number of nitrogens with zero attached hydrogens (tertiary/aromatic N) is 1. The normalized spacial score (nSPS) is 10.3. The maximum Gasteiger partial charge on any atom is 0.230 e. The molecule has 0 aliphatic heterocycles. The van der Waals surface area contributed by atoms with Crippen LogP contribution in [0.3, 0.4) is 0 Å². The lowest BCUT2D eigenvalue weighted by molar-refractivity contribution is 0.351. The Hall–Kier alpha value is -2.08. The summed E-state index contributed by atoms with van der Waals surface area (Å²) in [6.45, 7) is 0. The second kappa shape index (κ2) is 5.27. The number of anilines is 1. The summed E-state index contributed by atoms with van der Waals surface area (Å²) in [4.78, 5) is 0. The van der Waals surface area contributed by atoms with Crippen molar-refractivity contribution in [2.45, 2.75) is 0 Å². The van der Waals surface area contributed by atoms with Crippen LogP contribution < -0.4 is 19.9 Å². The van der Waals surface area contributed by atoms with Crippen molar-refractivity contribution in [2.24, 2.45) is 0 Å². The molecule has 1 aromatic heterocycles. The highest BCUT2D eigenvalue weighted by Gasteiger charge is 2.24. The van der Waals surface area contributed by atoms with Crippen LogP contribution in [0.1, 0.15) is 0 Å². The molecule has 2 rings (SSSR count). The Kier molecular flexibility index (Phi) is 3.71. The number of halogens is 1. The lowest BCUT2D eigenvalue weighted by Crippen LogP contribution is -1.98. The molecule has 7 heteroatoms. The molecule has 0 fully saturated rings.